The van der Waals surface area contributed by atoms with E-state index in [-0.39, 0.29) is 36.6 Å². The SMILES string of the molecule is CNCCCNC(=O)C(Cc1ccccc1)NC(=O)c1cccnc1.Cl.Cl. The fourth-order valence-electron chi connectivity index (χ4n) is 2.40. The number of nitrogens with zero attached hydrogens (tertiary/aromatic N) is 1. The highest BCUT2D eigenvalue weighted by Crippen LogP contribution is 2.05. The van der Waals surface area contributed by atoms with E-state index >= 15 is 0 Å². The average Bonchev–Trinajstić information content (AvgIpc) is 2.66. The van der Waals surface area contributed by atoms with Crippen molar-refractivity contribution in [1.29, 1.82) is 0 Å². The number of nitrogens with one attached hydrogen (secondary N) is 3. The van der Waals surface area contributed by atoms with Crippen LogP contribution in [0.15, 0.2) is 54.9 Å². The molecule has 1 atom stereocenters. The number of aromatic nitrogens is 1. The quantitative estimate of drug-likeness (QED) is 0.549. The third kappa shape index (κ3) is 8.86. The van der Waals surface area contributed by atoms with Gasteiger partial charge in [-0.15, -0.1) is 24.8 Å². The van der Waals surface area contributed by atoms with Crippen molar-refractivity contribution < 1.29 is 9.59 Å². The Kier molecular flexibility index (Phi) is 12.9. The summed E-state index contributed by atoms with van der Waals surface area (Å²) < 4.78 is 0. The molecule has 0 saturated carbocycles. The van der Waals surface area contributed by atoms with Crippen LogP contribution in [0.3, 0.4) is 0 Å². The lowest BCUT2D eigenvalue weighted by atomic mass is 10.0. The highest BCUT2D eigenvalue weighted by atomic mass is 35.5. The van der Waals surface area contributed by atoms with E-state index in [4.69, 9.17) is 0 Å². The van der Waals surface area contributed by atoms with E-state index in [0.717, 1.165) is 18.5 Å². The Bertz CT molecular complexity index is 672. The first kappa shape index (κ1) is 24.8. The molecule has 0 bridgehead atoms. The molecule has 1 aromatic heterocycles. The molecule has 148 valence electrons. The van der Waals surface area contributed by atoms with Gasteiger partial charge in [-0.2, -0.15) is 0 Å². The number of carbonyl (C=O) groups excluding carboxylic acids is 2. The largest absolute Gasteiger partial charge is 0.354 e. The molecule has 3 N–H and O–H groups in total. The van der Waals surface area contributed by atoms with Crippen LogP contribution in [0.1, 0.15) is 22.3 Å². The van der Waals surface area contributed by atoms with E-state index in [0.29, 0.717) is 18.5 Å². The molecule has 0 saturated heterocycles. The molecule has 0 spiro atoms. The summed E-state index contributed by atoms with van der Waals surface area (Å²) in [7, 11) is 1.87. The van der Waals surface area contributed by atoms with Crippen LogP contribution in [0.25, 0.3) is 0 Å². The van der Waals surface area contributed by atoms with Gasteiger partial charge in [-0.3, -0.25) is 14.6 Å². The first-order valence-corrected chi connectivity index (χ1v) is 8.38. The van der Waals surface area contributed by atoms with E-state index in [2.05, 4.69) is 20.9 Å². The van der Waals surface area contributed by atoms with Gasteiger partial charge in [0.05, 0.1) is 5.56 Å². The zero-order valence-corrected chi connectivity index (χ0v) is 16.8. The molecule has 1 heterocycles. The molecular formula is C19H26Cl2N4O2. The van der Waals surface area contributed by atoms with Crippen LogP contribution >= 0.6 is 24.8 Å². The summed E-state index contributed by atoms with van der Waals surface area (Å²) in [6.45, 7) is 1.39. The maximum Gasteiger partial charge on any atom is 0.253 e. The zero-order valence-electron chi connectivity index (χ0n) is 15.2. The van der Waals surface area contributed by atoms with Gasteiger partial charge in [0.1, 0.15) is 6.04 Å². The molecular weight excluding hydrogens is 387 g/mol. The summed E-state index contributed by atoms with van der Waals surface area (Å²) in [6.07, 6.45) is 4.36. The molecule has 0 aliphatic carbocycles. The molecule has 0 fully saturated rings. The number of pyridine rings is 1. The van der Waals surface area contributed by atoms with Gasteiger partial charge in [-0.1, -0.05) is 30.3 Å². The molecule has 0 radical (unpaired) electrons. The predicted molar refractivity (Wildman–Crippen MR) is 112 cm³/mol. The lowest BCUT2D eigenvalue weighted by Crippen LogP contribution is -2.48. The van der Waals surface area contributed by atoms with Crippen LogP contribution in [0, 0.1) is 0 Å². The first-order chi connectivity index (χ1) is 12.2. The van der Waals surface area contributed by atoms with Crippen molar-refractivity contribution in [1.82, 2.24) is 20.9 Å². The molecule has 1 unspecified atom stereocenters. The van der Waals surface area contributed by atoms with E-state index in [9.17, 15) is 9.59 Å². The summed E-state index contributed by atoms with van der Waals surface area (Å²) in [5.41, 5.74) is 1.42. The van der Waals surface area contributed by atoms with Gasteiger partial charge in [0, 0.05) is 25.4 Å². The smallest absolute Gasteiger partial charge is 0.253 e. The maximum atomic E-state index is 12.5. The third-order valence-electron chi connectivity index (χ3n) is 3.73. The molecule has 27 heavy (non-hydrogen) atoms. The van der Waals surface area contributed by atoms with Gasteiger partial charge in [0.25, 0.3) is 5.91 Å². The van der Waals surface area contributed by atoms with Crippen molar-refractivity contribution in [2.24, 2.45) is 0 Å². The average molecular weight is 413 g/mol. The summed E-state index contributed by atoms with van der Waals surface area (Å²) in [5.74, 6) is -0.489. The number of hydrogen-bond acceptors (Lipinski definition) is 4. The Hall–Kier alpha value is -2.15. The standard InChI is InChI=1S/C19H24N4O2.2ClH/c1-20-10-6-12-22-19(25)17(13-15-7-3-2-4-8-15)23-18(24)16-9-5-11-21-14-16;;/h2-5,7-9,11,14,17,20H,6,10,12-13H2,1H3,(H,22,25)(H,23,24);2*1H. The molecule has 2 aromatic rings. The van der Waals surface area contributed by atoms with Crippen molar-refractivity contribution >= 4 is 36.6 Å². The van der Waals surface area contributed by atoms with Crippen molar-refractivity contribution in [3.63, 3.8) is 0 Å². The molecule has 0 aliphatic heterocycles. The highest BCUT2D eigenvalue weighted by molar-refractivity contribution is 5.97. The lowest BCUT2D eigenvalue weighted by molar-refractivity contribution is -0.122. The second-order valence-corrected chi connectivity index (χ2v) is 5.71. The number of amides is 2. The van der Waals surface area contributed by atoms with Gasteiger partial charge in [0.15, 0.2) is 0 Å². The highest BCUT2D eigenvalue weighted by Gasteiger charge is 2.21. The Morgan fingerprint density at radius 3 is 2.41 bits per heavy atom. The minimum absolute atomic E-state index is 0. The Labute approximate surface area is 172 Å². The number of carbonyl (C=O) groups is 2. The second kappa shape index (κ2) is 14.0. The normalized spacial score (nSPS) is 10.7. The Morgan fingerprint density at radius 1 is 1.04 bits per heavy atom. The van der Waals surface area contributed by atoms with E-state index in [1.807, 2.05) is 37.4 Å². The summed E-state index contributed by atoms with van der Waals surface area (Å²) in [5, 5.41) is 8.74. The number of benzene rings is 1. The molecule has 8 heteroatoms. The fourth-order valence-corrected chi connectivity index (χ4v) is 2.40. The van der Waals surface area contributed by atoms with Gasteiger partial charge in [-0.25, -0.2) is 0 Å². The van der Waals surface area contributed by atoms with Crippen molar-refractivity contribution in [2.45, 2.75) is 18.9 Å². The number of hydrogen-bond donors (Lipinski definition) is 3. The minimum atomic E-state index is -0.635. The fraction of sp³-hybridized carbons (Fsp3) is 0.316. The molecule has 0 aliphatic rings. The van der Waals surface area contributed by atoms with Crippen LogP contribution in [0.2, 0.25) is 0 Å². The second-order valence-electron chi connectivity index (χ2n) is 5.71. The third-order valence-corrected chi connectivity index (χ3v) is 3.73. The van der Waals surface area contributed by atoms with Crippen LogP contribution in [0.4, 0.5) is 0 Å². The van der Waals surface area contributed by atoms with E-state index in [1.54, 1.807) is 18.3 Å². The van der Waals surface area contributed by atoms with Crippen LogP contribution in [-0.4, -0.2) is 43.0 Å². The number of rotatable bonds is 9. The molecule has 6 nitrogen and oxygen atoms in total. The van der Waals surface area contributed by atoms with Crippen LogP contribution in [0.5, 0.6) is 0 Å². The molecule has 1 aromatic carbocycles. The van der Waals surface area contributed by atoms with Gasteiger partial charge in [0.2, 0.25) is 5.91 Å². The number of halogens is 2. The Morgan fingerprint density at radius 2 is 1.78 bits per heavy atom. The maximum absolute atomic E-state index is 12.5. The Balaban J connectivity index is 0.00000338. The monoisotopic (exact) mass is 412 g/mol. The van der Waals surface area contributed by atoms with Gasteiger partial charge in [-0.05, 0) is 37.7 Å². The summed E-state index contributed by atoms with van der Waals surface area (Å²) >= 11 is 0. The molecule has 2 rings (SSSR count). The minimum Gasteiger partial charge on any atom is -0.354 e. The van der Waals surface area contributed by atoms with Crippen molar-refractivity contribution in [3.05, 3.63) is 66.0 Å². The van der Waals surface area contributed by atoms with E-state index < -0.39 is 6.04 Å². The lowest BCUT2D eigenvalue weighted by Gasteiger charge is -2.19. The van der Waals surface area contributed by atoms with E-state index in [1.165, 1.54) is 6.20 Å². The predicted octanol–water partition coefficient (Wildman–Crippen LogP) is 1.99. The van der Waals surface area contributed by atoms with Crippen LogP contribution in [-0.2, 0) is 11.2 Å². The summed E-state index contributed by atoms with van der Waals surface area (Å²) in [6, 6.07) is 12.4. The topological polar surface area (TPSA) is 83.1 Å². The van der Waals surface area contributed by atoms with Crippen LogP contribution < -0.4 is 16.0 Å². The first-order valence-electron chi connectivity index (χ1n) is 8.38. The molecule has 2 amide bonds. The summed E-state index contributed by atoms with van der Waals surface area (Å²) in [4.78, 5) is 28.8. The van der Waals surface area contributed by atoms with Crippen molar-refractivity contribution in [2.75, 3.05) is 20.1 Å². The van der Waals surface area contributed by atoms with Gasteiger partial charge < -0.3 is 16.0 Å². The van der Waals surface area contributed by atoms with Crippen molar-refractivity contribution in [3.8, 4) is 0 Å². The van der Waals surface area contributed by atoms with Gasteiger partial charge >= 0.3 is 0 Å². The zero-order chi connectivity index (χ0) is 17.9.